The van der Waals surface area contributed by atoms with Crippen molar-refractivity contribution in [2.45, 2.75) is 13.3 Å². The summed E-state index contributed by atoms with van der Waals surface area (Å²) < 4.78 is 0. The van der Waals surface area contributed by atoms with Crippen molar-refractivity contribution in [3.05, 3.63) is 27.8 Å². The summed E-state index contributed by atoms with van der Waals surface area (Å²) in [5.41, 5.74) is 7.36. The van der Waals surface area contributed by atoms with E-state index in [4.69, 9.17) is 5.73 Å². The average Bonchev–Trinajstić information content (AvgIpc) is 2.83. The molecule has 0 saturated heterocycles. The van der Waals surface area contributed by atoms with Gasteiger partial charge in [0, 0.05) is 11.6 Å². The maximum Gasteiger partial charge on any atom is 0.324 e. The Bertz CT molecular complexity index is 531. The predicted molar refractivity (Wildman–Crippen MR) is 62.3 cm³/mol. The number of nitrogens with one attached hydrogen (secondary N) is 1. The molecule has 0 unspecified atom stereocenters. The molecule has 6 nitrogen and oxygen atoms in total. The number of hydrogen-bond donors (Lipinski definition) is 2. The van der Waals surface area contributed by atoms with Crippen LogP contribution in [0.2, 0.25) is 0 Å². The highest BCUT2D eigenvalue weighted by Crippen LogP contribution is 2.34. The van der Waals surface area contributed by atoms with Crippen molar-refractivity contribution in [1.29, 1.82) is 0 Å². The van der Waals surface area contributed by atoms with E-state index in [-0.39, 0.29) is 5.00 Å². The molecule has 3 N–H and O–H groups in total. The number of anilines is 1. The van der Waals surface area contributed by atoms with Crippen LogP contribution in [0.15, 0.2) is 12.1 Å². The molecule has 0 aromatic carbocycles. The fraction of sp³-hybridized carbons (Fsp3) is 0.222. The lowest BCUT2D eigenvalue weighted by Gasteiger charge is -1.96. The summed E-state index contributed by atoms with van der Waals surface area (Å²) in [7, 11) is 0. The van der Waals surface area contributed by atoms with Crippen LogP contribution >= 0.6 is 11.3 Å². The number of nitrogens with two attached hydrogens (primary N) is 1. The van der Waals surface area contributed by atoms with Crippen molar-refractivity contribution in [1.82, 2.24) is 10.2 Å². The van der Waals surface area contributed by atoms with Crippen LogP contribution in [0.25, 0.3) is 10.6 Å². The zero-order valence-corrected chi connectivity index (χ0v) is 9.37. The van der Waals surface area contributed by atoms with E-state index >= 15 is 0 Å². The molecule has 0 bridgehead atoms. The minimum Gasteiger partial charge on any atom is -0.382 e. The van der Waals surface area contributed by atoms with Gasteiger partial charge < -0.3 is 5.73 Å². The van der Waals surface area contributed by atoms with Gasteiger partial charge in [0.05, 0.1) is 15.5 Å². The second-order valence-electron chi connectivity index (χ2n) is 3.21. The van der Waals surface area contributed by atoms with Crippen molar-refractivity contribution in [2.75, 3.05) is 5.73 Å². The van der Waals surface area contributed by atoms with Crippen LogP contribution in [-0.2, 0) is 6.42 Å². The van der Waals surface area contributed by atoms with Crippen LogP contribution in [0, 0.1) is 10.1 Å². The molecule has 0 aliphatic carbocycles. The number of aromatic amines is 1. The van der Waals surface area contributed by atoms with Gasteiger partial charge in [0.15, 0.2) is 0 Å². The van der Waals surface area contributed by atoms with Gasteiger partial charge in [-0.15, -0.1) is 0 Å². The highest BCUT2D eigenvalue weighted by molar-refractivity contribution is 7.18. The molecule has 0 spiro atoms. The molecular formula is C9H10N4O2S. The smallest absolute Gasteiger partial charge is 0.324 e. The maximum atomic E-state index is 10.6. The van der Waals surface area contributed by atoms with Gasteiger partial charge in [0.25, 0.3) is 0 Å². The Labute approximate surface area is 95.2 Å². The van der Waals surface area contributed by atoms with Gasteiger partial charge in [0.2, 0.25) is 0 Å². The molecule has 2 heterocycles. The van der Waals surface area contributed by atoms with Gasteiger partial charge in [-0.1, -0.05) is 18.3 Å². The molecule has 0 amide bonds. The van der Waals surface area contributed by atoms with E-state index in [2.05, 4.69) is 10.2 Å². The zero-order valence-electron chi connectivity index (χ0n) is 8.56. The first kappa shape index (κ1) is 10.6. The summed E-state index contributed by atoms with van der Waals surface area (Å²) in [6, 6.07) is 3.19. The first-order valence-electron chi connectivity index (χ1n) is 4.70. The number of nitrogens with zero attached hydrogens (tertiary/aromatic N) is 2. The Morgan fingerprint density at radius 2 is 2.38 bits per heavy atom. The van der Waals surface area contributed by atoms with E-state index in [1.54, 1.807) is 6.07 Å². The molecule has 0 aliphatic rings. The normalized spacial score (nSPS) is 10.6. The molecule has 2 rings (SSSR count). The number of nitrogen functional groups attached to an aromatic ring is 1. The number of nitro groups is 1. The molecule has 2 aromatic rings. The van der Waals surface area contributed by atoms with Gasteiger partial charge in [-0.3, -0.25) is 15.2 Å². The average molecular weight is 238 g/mol. The third-order valence-electron chi connectivity index (χ3n) is 2.27. The summed E-state index contributed by atoms with van der Waals surface area (Å²) in [5.74, 6) is 0.452. The van der Waals surface area contributed by atoms with E-state index in [9.17, 15) is 10.1 Å². The van der Waals surface area contributed by atoms with Crippen LogP contribution in [0.1, 0.15) is 12.5 Å². The Morgan fingerprint density at radius 1 is 1.62 bits per heavy atom. The Morgan fingerprint density at radius 3 is 2.94 bits per heavy atom. The minimum atomic E-state index is -0.403. The summed E-state index contributed by atoms with van der Waals surface area (Å²) >= 11 is 1.11. The molecule has 0 atom stereocenters. The molecule has 0 fully saturated rings. The molecule has 0 aliphatic heterocycles. The van der Waals surface area contributed by atoms with E-state index in [1.165, 1.54) is 6.07 Å². The standard InChI is InChI=1S/C9H10N4O2S/c1-2-5-8(11-12-9(5)10)6-3-4-7(16-6)13(14)15/h3-4H,2H2,1H3,(H3,10,11,12). The Hall–Kier alpha value is -1.89. The molecule has 2 aromatic heterocycles. The number of thiophene rings is 1. The van der Waals surface area contributed by atoms with E-state index < -0.39 is 4.92 Å². The van der Waals surface area contributed by atoms with Crippen molar-refractivity contribution < 1.29 is 4.92 Å². The van der Waals surface area contributed by atoms with Crippen molar-refractivity contribution in [3.63, 3.8) is 0 Å². The second-order valence-corrected chi connectivity index (χ2v) is 4.27. The van der Waals surface area contributed by atoms with Crippen LogP contribution in [0.3, 0.4) is 0 Å². The van der Waals surface area contributed by atoms with E-state index in [0.29, 0.717) is 5.82 Å². The van der Waals surface area contributed by atoms with Crippen LogP contribution < -0.4 is 5.73 Å². The molecule has 0 radical (unpaired) electrons. The monoisotopic (exact) mass is 238 g/mol. The fourth-order valence-corrected chi connectivity index (χ4v) is 2.34. The van der Waals surface area contributed by atoms with Crippen LogP contribution in [0.5, 0.6) is 0 Å². The summed E-state index contributed by atoms with van der Waals surface area (Å²) in [5, 5.41) is 17.4. The first-order chi connectivity index (χ1) is 7.63. The van der Waals surface area contributed by atoms with Crippen molar-refractivity contribution in [3.8, 4) is 10.6 Å². The lowest BCUT2D eigenvalue weighted by atomic mass is 10.1. The maximum absolute atomic E-state index is 10.6. The number of aromatic nitrogens is 2. The Kier molecular flexibility index (Phi) is 2.61. The SMILES string of the molecule is CCc1c(N)n[nH]c1-c1ccc([N+](=O)[O-])s1. The summed E-state index contributed by atoms with van der Waals surface area (Å²) in [4.78, 5) is 11.0. The van der Waals surface area contributed by atoms with E-state index in [0.717, 1.165) is 33.9 Å². The first-order valence-corrected chi connectivity index (χ1v) is 5.52. The summed E-state index contributed by atoms with van der Waals surface area (Å²) in [6.45, 7) is 1.97. The molecule has 84 valence electrons. The van der Waals surface area contributed by atoms with E-state index in [1.807, 2.05) is 6.92 Å². The Balaban J connectivity index is 2.46. The van der Waals surface area contributed by atoms with Gasteiger partial charge in [0.1, 0.15) is 5.82 Å². The third-order valence-corrected chi connectivity index (χ3v) is 3.33. The third kappa shape index (κ3) is 1.65. The van der Waals surface area contributed by atoms with Crippen LogP contribution in [-0.4, -0.2) is 15.1 Å². The minimum absolute atomic E-state index is 0.116. The molecular weight excluding hydrogens is 228 g/mol. The lowest BCUT2D eigenvalue weighted by Crippen LogP contribution is -1.90. The number of H-pyrrole nitrogens is 1. The highest BCUT2D eigenvalue weighted by atomic mass is 32.1. The van der Waals surface area contributed by atoms with Gasteiger partial charge in [-0.05, 0) is 12.5 Å². The van der Waals surface area contributed by atoms with Crippen LogP contribution in [0.4, 0.5) is 10.8 Å². The lowest BCUT2D eigenvalue weighted by molar-refractivity contribution is -0.380. The molecule has 7 heteroatoms. The molecule has 16 heavy (non-hydrogen) atoms. The largest absolute Gasteiger partial charge is 0.382 e. The topological polar surface area (TPSA) is 97.8 Å². The second kappa shape index (κ2) is 3.93. The summed E-state index contributed by atoms with van der Waals surface area (Å²) in [6.07, 6.45) is 0.739. The quantitative estimate of drug-likeness (QED) is 0.632. The van der Waals surface area contributed by atoms with Gasteiger partial charge in [-0.2, -0.15) is 5.10 Å². The number of hydrogen-bond acceptors (Lipinski definition) is 5. The van der Waals surface area contributed by atoms with Crippen molar-refractivity contribution in [2.24, 2.45) is 0 Å². The highest BCUT2D eigenvalue weighted by Gasteiger charge is 2.16. The van der Waals surface area contributed by atoms with Gasteiger partial charge in [-0.25, -0.2) is 0 Å². The molecule has 0 saturated carbocycles. The van der Waals surface area contributed by atoms with Crippen molar-refractivity contribution >= 4 is 22.2 Å². The predicted octanol–water partition coefficient (Wildman–Crippen LogP) is 2.19. The fourth-order valence-electron chi connectivity index (χ4n) is 1.50. The van der Waals surface area contributed by atoms with Gasteiger partial charge >= 0.3 is 5.00 Å². The number of rotatable bonds is 3. The zero-order chi connectivity index (χ0) is 11.7.